The van der Waals surface area contributed by atoms with E-state index in [9.17, 15) is 0 Å². The van der Waals surface area contributed by atoms with E-state index in [1.807, 2.05) is 38.1 Å². The molecule has 0 aliphatic rings. The molecule has 0 atom stereocenters. The standard InChI is InChI=1S/C14H17N3O/c1-4-12-16-13(9(2)14(15)17-12)10-6-5-7-11(8-10)18-3/h5-8H,4H2,1-3H3,(H2,15,16,17). The van der Waals surface area contributed by atoms with E-state index in [0.717, 1.165) is 34.8 Å². The molecule has 1 aromatic heterocycles. The van der Waals surface area contributed by atoms with Gasteiger partial charge in [0.2, 0.25) is 0 Å². The van der Waals surface area contributed by atoms with Gasteiger partial charge >= 0.3 is 0 Å². The number of nitrogen functional groups attached to an aromatic ring is 1. The highest BCUT2D eigenvalue weighted by molar-refractivity contribution is 5.68. The fraction of sp³-hybridized carbons (Fsp3) is 0.286. The summed E-state index contributed by atoms with van der Waals surface area (Å²) in [4.78, 5) is 8.81. The van der Waals surface area contributed by atoms with Crippen LogP contribution in [0.1, 0.15) is 18.3 Å². The van der Waals surface area contributed by atoms with Crippen molar-refractivity contribution in [3.8, 4) is 17.0 Å². The molecule has 0 fully saturated rings. The largest absolute Gasteiger partial charge is 0.497 e. The van der Waals surface area contributed by atoms with E-state index >= 15 is 0 Å². The van der Waals surface area contributed by atoms with Crippen LogP contribution in [-0.4, -0.2) is 17.1 Å². The third-order valence-electron chi connectivity index (χ3n) is 2.89. The Bertz CT molecular complexity index is 567. The number of nitrogens with two attached hydrogens (primary N) is 1. The van der Waals surface area contributed by atoms with Gasteiger partial charge < -0.3 is 10.5 Å². The number of hydrogen-bond acceptors (Lipinski definition) is 4. The number of aromatic nitrogens is 2. The van der Waals surface area contributed by atoms with E-state index in [1.165, 1.54) is 0 Å². The summed E-state index contributed by atoms with van der Waals surface area (Å²) in [5, 5.41) is 0. The first-order chi connectivity index (χ1) is 8.65. The number of rotatable bonds is 3. The van der Waals surface area contributed by atoms with E-state index in [-0.39, 0.29) is 0 Å². The van der Waals surface area contributed by atoms with Crippen LogP contribution in [-0.2, 0) is 6.42 Å². The van der Waals surface area contributed by atoms with Crippen LogP contribution in [0.5, 0.6) is 5.75 Å². The zero-order valence-corrected chi connectivity index (χ0v) is 10.9. The van der Waals surface area contributed by atoms with E-state index < -0.39 is 0 Å². The zero-order chi connectivity index (χ0) is 13.1. The molecule has 2 N–H and O–H groups in total. The van der Waals surface area contributed by atoms with Crippen molar-refractivity contribution in [2.24, 2.45) is 0 Å². The van der Waals surface area contributed by atoms with Gasteiger partial charge in [0, 0.05) is 17.5 Å². The van der Waals surface area contributed by atoms with Crippen LogP contribution in [0.4, 0.5) is 5.82 Å². The molecule has 94 valence electrons. The lowest BCUT2D eigenvalue weighted by Gasteiger charge is -2.10. The number of benzene rings is 1. The SMILES string of the molecule is CCc1nc(N)c(C)c(-c2cccc(OC)c2)n1. The Hall–Kier alpha value is -2.10. The smallest absolute Gasteiger partial charge is 0.131 e. The summed E-state index contributed by atoms with van der Waals surface area (Å²) in [5.74, 6) is 2.11. The predicted octanol–water partition coefficient (Wildman–Crippen LogP) is 2.61. The van der Waals surface area contributed by atoms with E-state index in [0.29, 0.717) is 5.82 Å². The monoisotopic (exact) mass is 243 g/mol. The molecule has 0 radical (unpaired) electrons. The highest BCUT2D eigenvalue weighted by Gasteiger charge is 2.10. The molecule has 0 bridgehead atoms. The van der Waals surface area contributed by atoms with Crippen molar-refractivity contribution < 1.29 is 4.74 Å². The highest BCUT2D eigenvalue weighted by atomic mass is 16.5. The predicted molar refractivity (Wildman–Crippen MR) is 72.5 cm³/mol. The zero-order valence-electron chi connectivity index (χ0n) is 10.9. The number of hydrogen-bond donors (Lipinski definition) is 1. The molecule has 0 amide bonds. The van der Waals surface area contributed by atoms with Gasteiger partial charge in [-0.25, -0.2) is 9.97 Å². The summed E-state index contributed by atoms with van der Waals surface area (Å²) in [6.45, 7) is 3.95. The van der Waals surface area contributed by atoms with Crippen molar-refractivity contribution in [1.82, 2.24) is 9.97 Å². The van der Waals surface area contributed by atoms with Crippen LogP contribution in [0.2, 0.25) is 0 Å². The average Bonchev–Trinajstić information content (AvgIpc) is 2.41. The van der Waals surface area contributed by atoms with Crippen LogP contribution in [0.25, 0.3) is 11.3 Å². The van der Waals surface area contributed by atoms with Crippen LogP contribution in [0, 0.1) is 6.92 Å². The molecule has 4 nitrogen and oxygen atoms in total. The number of nitrogens with zero attached hydrogens (tertiary/aromatic N) is 2. The van der Waals surface area contributed by atoms with Gasteiger partial charge in [-0.05, 0) is 19.1 Å². The van der Waals surface area contributed by atoms with Crippen molar-refractivity contribution in [3.05, 3.63) is 35.7 Å². The lowest BCUT2D eigenvalue weighted by atomic mass is 10.1. The second-order valence-corrected chi connectivity index (χ2v) is 4.08. The molecule has 0 aliphatic carbocycles. The fourth-order valence-electron chi connectivity index (χ4n) is 1.79. The van der Waals surface area contributed by atoms with E-state index in [4.69, 9.17) is 10.5 Å². The minimum atomic E-state index is 0.541. The molecule has 0 saturated heterocycles. The molecular formula is C14H17N3O. The van der Waals surface area contributed by atoms with E-state index in [1.54, 1.807) is 7.11 Å². The van der Waals surface area contributed by atoms with Crippen LogP contribution in [0.3, 0.4) is 0 Å². The van der Waals surface area contributed by atoms with Gasteiger partial charge in [0.1, 0.15) is 17.4 Å². The van der Waals surface area contributed by atoms with Gasteiger partial charge in [0.25, 0.3) is 0 Å². The second-order valence-electron chi connectivity index (χ2n) is 4.08. The average molecular weight is 243 g/mol. The first-order valence-corrected chi connectivity index (χ1v) is 5.93. The number of methoxy groups -OCH3 is 1. The third kappa shape index (κ3) is 2.27. The number of aryl methyl sites for hydroxylation is 1. The van der Waals surface area contributed by atoms with Crippen molar-refractivity contribution in [2.75, 3.05) is 12.8 Å². The minimum Gasteiger partial charge on any atom is -0.497 e. The number of ether oxygens (including phenoxy) is 1. The lowest BCUT2D eigenvalue weighted by Crippen LogP contribution is -2.04. The van der Waals surface area contributed by atoms with Crippen molar-refractivity contribution in [3.63, 3.8) is 0 Å². The maximum atomic E-state index is 5.92. The highest BCUT2D eigenvalue weighted by Crippen LogP contribution is 2.27. The molecule has 2 rings (SSSR count). The van der Waals surface area contributed by atoms with Gasteiger partial charge in [-0.1, -0.05) is 19.1 Å². The normalized spacial score (nSPS) is 10.4. The maximum absolute atomic E-state index is 5.92. The summed E-state index contributed by atoms with van der Waals surface area (Å²) in [6.07, 6.45) is 0.765. The van der Waals surface area contributed by atoms with Crippen molar-refractivity contribution in [2.45, 2.75) is 20.3 Å². The van der Waals surface area contributed by atoms with Gasteiger partial charge in [-0.15, -0.1) is 0 Å². The first-order valence-electron chi connectivity index (χ1n) is 5.93. The number of anilines is 1. The minimum absolute atomic E-state index is 0.541. The summed E-state index contributed by atoms with van der Waals surface area (Å²) in [7, 11) is 1.65. The van der Waals surface area contributed by atoms with Crippen LogP contribution < -0.4 is 10.5 Å². The van der Waals surface area contributed by atoms with Gasteiger partial charge in [0.15, 0.2) is 0 Å². The molecule has 18 heavy (non-hydrogen) atoms. The Labute approximate surface area is 107 Å². The molecule has 0 spiro atoms. The topological polar surface area (TPSA) is 61.0 Å². The third-order valence-corrected chi connectivity index (χ3v) is 2.89. The van der Waals surface area contributed by atoms with Gasteiger partial charge in [-0.2, -0.15) is 0 Å². The molecule has 0 saturated carbocycles. The molecule has 1 heterocycles. The first kappa shape index (κ1) is 12.4. The van der Waals surface area contributed by atoms with E-state index in [2.05, 4.69) is 9.97 Å². The Morgan fingerprint density at radius 1 is 1.28 bits per heavy atom. The molecule has 2 aromatic rings. The Morgan fingerprint density at radius 3 is 2.72 bits per heavy atom. The molecule has 0 unspecified atom stereocenters. The summed E-state index contributed by atoms with van der Waals surface area (Å²) in [5.41, 5.74) is 8.70. The van der Waals surface area contributed by atoms with Gasteiger partial charge in [0.05, 0.1) is 12.8 Å². The second kappa shape index (κ2) is 5.04. The van der Waals surface area contributed by atoms with Crippen molar-refractivity contribution in [1.29, 1.82) is 0 Å². The molecule has 4 heteroatoms. The van der Waals surface area contributed by atoms with Gasteiger partial charge in [-0.3, -0.25) is 0 Å². The van der Waals surface area contributed by atoms with Crippen molar-refractivity contribution >= 4 is 5.82 Å². The quantitative estimate of drug-likeness (QED) is 0.900. The van der Waals surface area contributed by atoms with Crippen LogP contribution >= 0.6 is 0 Å². The molecular weight excluding hydrogens is 226 g/mol. The fourth-order valence-corrected chi connectivity index (χ4v) is 1.79. The summed E-state index contributed by atoms with van der Waals surface area (Å²) in [6, 6.07) is 7.80. The Balaban J connectivity index is 2.58. The van der Waals surface area contributed by atoms with Crippen LogP contribution in [0.15, 0.2) is 24.3 Å². The summed E-state index contributed by atoms with van der Waals surface area (Å²) >= 11 is 0. The Morgan fingerprint density at radius 2 is 2.06 bits per heavy atom. The summed E-state index contributed by atoms with van der Waals surface area (Å²) < 4.78 is 5.23. The molecule has 0 aliphatic heterocycles. The maximum Gasteiger partial charge on any atom is 0.131 e. The Kier molecular flexibility index (Phi) is 3.46. The lowest BCUT2D eigenvalue weighted by molar-refractivity contribution is 0.415. The molecule has 1 aromatic carbocycles.